The molecule has 0 aliphatic rings. The Hall–Kier alpha value is -2.13. The summed E-state index contributed by atoms with van der Waals surface area (Å²) in [5.74, 6) is 1.01. The molecule has 1 unspecified atom stereocenters. The molecule has 0 aliphatic heterocycles. The van der Waals surface area contributed by atoms with E-state index in [1.54, 1.807) is 0 Å². The summed E-state index contributed by atoms with van der Waals surface area (Å²) in [5, 5.41) is 4.67. The van der Waals surface area contributed by atoms with Crippen LogP contribution in [0.25, 0.3) is 11.0 Å². The molecule has 0 amide bonds. The maximum Gasteiger partial charge on any atom is 0.134 e. The molecule has 2 heterocycles. The minimum Gasteiger partial charge on any atom is -0.459 e. The third-order valence-electron chi connectivity index (χ3n) is 3.65. The van der Waals surface area contributed by atoms with Crippen LogP contribution in [0.1, 0.15) is 30.8 Å². The Labute approximate surface area is 125 Å². The molecule has 0 bridgehead atoms. The van der Waals surface area contributed by atoms with Crippen molar-refractivity contribution in [3.63, 3.8) is 0 Å². The maximum atomic E-state index is 5.99. The number of furan rings is 1. The molecule has 3 heteroatoms. The standard InChI is InChI=1S/C18H20N2O/c1-2-19-16(11-10-15-8-5-6-12-20-15)18-13-14-7-3-4-9-17(14)21-18/h3-9,12-13,16,19H,2,10-11H2,1H3. The van der Waals surface area contributed by atoms with Crippen molar-refractivity contribution in [1.29, 1.82) is 0 Å². The predicted molar refractivity (Wildman–Crippen MR) is 85.2 cm³/mol. The molecular formula is C18H20N2O. The first kappa shape index (κ1) is 13.8. The fourth-order valence-corrected chi connectivity index (χ4v) is 2.60. The third-order valence-corrected chi connectivity index (χ3v) is 3.65. The normalized spacial score (nSPS) is 12.6. The van der Waals surface area contributed by atoms with Crippen molar-refractivity contribution in [2.24, 2.45) is 0 Å². The van der Waals surface area contributed by atoms with Crippen molar-refractivity contribution in [3.05, 3.63) is 66.2 Å². The van der Waals surface area contributed by atoms with E-state index in [2.05, 4.69) is 35.4 Å². The number of para-hydroxylation sites is 1. The van der Waals surface area contributed by atoms with Gasteiger partial charge in [0.15, 0.2) is 0 Å². The van der Waals surface area contributed by atoms with Gasteiger partial charge in [-0.25, -0.2) is 0 Å². The monoisotopic (exact) mass is 280 g/mol. The van der Waals surface area contributed by atoms with Crippen molar-refractivity contribution in [3.8, 4) is 0 Å². The number of hydrogen-bond donors (Lipinski definition) is 1. The van der Waals surface area contributed by atoms with Gasteiger partial charge < -0.3 is 9.73 Å². The molecule has 0 saturated carbocycles. The lowest BCUT2D eigenvalue weighted by atomic mass is 10.1. The first-order chi connectivity index (χ1) is 10.4. The van der Waals surface area contributed by atoms with E-state index in [-0.39, 0.29) is 6.04 Å². The Kier molecular flexibility index (Phi) is 4.31. The van der Waals surface area contributed by atoms with Crippen LogP contribution < -0.4 is 5.32 Å². The van der Waals surface area contributed by atoms with E-state index in [4.69, 9.17) is 4.42 Å². The number of nitrogens with zero attached hydrogens (tertiary/aromatic N) is 1. The summed E-state index contributed by atoms with van der Waals surface area (Å²) in [5.41, 5.74) is 2.07. The topological polar surface area (TPSA) is 38.1 Å². The second-order valence-corrected chi connectivity index (χ2v) is 5.16. The minimum absolute atomic E-state index is 0.226. The second kappa shape index (κ2) is 6.55. The molecule has 1 atom stereocenters. The number of rotatable bonds is 6. The largest absolute Gasteiger partial charge is 0.459 e. The average molecular weight is 280 g/mol. The highest BCUT2D eigenvalue weighted by molar-refractivity contribution is 5.77. The van der Waals surface area contributed by atoms with Gasteiger partial charge in [0.05, 0.1) is 6.04 Å². The van der Waals surface area contributed by atoms with Gasteiger partial charge in [-0.2, -0.15) is 0 Å². The summed E-state index contributed by atoms with van der Waals surface area (Å²) in [7, 11) is 0. The van der Waals surface area contributed by atoms with E-state index in [9.17, 15) is 0 Å². The fourth-order valence-electron chi connectivity index (χ4n) is 2.60. The first-order valence-electron chi connectivity index (χ1n) is 7.48. The molecule has 0 radical (unpaired) electrons. The lowest BCUT2D eigenvalue weighted by molar-refractivity contribution is 0.416. The van der Waals surface area contributed by atoms with Gasteiger partial charge in [-0.3, -0.25) is 4.98 Å². The highest BCUT2D eigenvalue weighted by Crippen LogP contribution is 2.26. The fraction of sp³-hybridized carbons (Fsp3) is 0.278. The van der Waals surface area contributed by atoms with E-state index in [1.807, 2.05) is 36.5 Å². The Bertz CT molecular complexity index is 658. The molecule has 3 aromatic rings. The van der Waals surface area contributed by atoms with Crippen LogP contribution in [-0.4, -0.2) is 11.5 Å². The van der Waals surface area contributed by atoms with Crippen LogP contribution in [0.15, 0.2) is 59.1 Å². The average Bonchev–Trinajstić information content (AvgIpc) is 2.96. The van der Waals surface area contributed by atoms with E-state index in [1.165, 1.54) is 0 Å². The first-order valence-corrected chi connectivity index (χ1v) is 7.48. The van der Waals surface area contributed by atoms with Crippen molar-refractivity contribution < 1.29 is 4.42 Å². The molecule has 0 aliphatic carbocycles. The van der Waals surface area contributed by atoms with Gasteiger partial charge in [0.1, 0.15) is 11.3 Å². The Morgan fingerprint density at radius 1 is 1.14 bits per heavy atom. The third kappa shape index (κ3) is 3.31. The minimum atomic E-state index is 0.226. The maximum absolute atomic E-state index is 5.99. The Morgan fingerprint density at radius 2 is 2.00 bits per heavy atom. The summed E-state index contributed by atoms with van der Waals surface area (Å²) in [4.78, 5) is 4.39. The van der Waals surface area contributed by atoms with Gasteiger partial charge in [-0.1, -0.05) is 31.2 Å². The number of fused-ring (bicyclic) bond motifs is 1. The van der Waals surface area contributed by atoms with E-state index >= 15 is 0 Å². The lowest BCUT2D eigenvalue weighted by Crippen LogP contribution is -2.21. The van der Waals surface area contributed by atoms with Crippen LogP contribution in [0.4, 0.5) is 0 Å². The van der Waals surface area contributed by atoms with Crippen LogP contribution in [-0.2, 0) is 6.42 Å². The molecule has 2 aromatic heterocycles. The van der Waals surface area contributed by atoms with Crippen LogP contribution in [0.3, 0.4) is 0 Å². The van der Waals surface area contributed by atoms with Crippen LogP contribution in [0, 0.1) is 0 Å². The number of hydrogen-bond acceptors (Lipinski definition) is 3. The summed E-state index contributed by atoms with van der Waals surface area (Å²) >= 11 is 0. The Balaban J connectivity index is 1.77. The van der Waals surface area contributed by atoms with Crippen molar-refractivity contribution in [1.82, 2.24) is 10.3 Å². The number of benzene rings is 1. The molecule has 1 N–H and O–H groups in total. The number of nitrogens with one attached hydrogen (secondary N) is 1. The number of aromatic nitrogens is 1. The summed E-state index contributed by atoms with van der Waals surface area (Å²) in [6, 6.07) is 16.6. The number of pyridine rings is 1. The lowest BCUT2D eigenvalue weighted by Gasteiger charge is -2.15. The zero-order valence-corrected chi connectivity index (χ0v) is 12.3. The summed E-state index contributed by atoms with van der Waals surface area (Å²) < 4.78 is 5.99. The van der Waals surface area contributed by atoms with E-state index < -0.39 is 0 Å². The van der Waals surface area contributed by atoms with Crippen molar-refractivity contribution in [2.75, 3.05) is 6.54 Å². The molecule has 3 rings (SSSR count). The van der Waals surface area contributed by atoms with Crippen LogP contribution in [0.2, 0.25) is 0 Å². The smallest absolute Gasteiger partial charge is 0.134 e. The molecular weight excluding hydrogens is 260 g/mol. The quantitative estimate of drug-likeness (QED) is 0.738. The zero-order chi connectivity index (χ0) is 14.5. The number of aryl methyl sites for hydroxylation is 1. The SMILES string of the molecule is CCNC(CCc1ccccn1)c1cc2ccccc2o1. The molecule has 21 heavy (non-hydrogen) atoms. The molecule has 0 saturated heterocycles. The molecule has 0 fully saturated rings. The highest BCUT2D eigenvalue weighted by Gasteiger charge is 2.15. The van der Waals surface area contributed by atoms with E-state index in [0.717, 1.165) is 41.8 Å². The van der Waals surface area contributed by atoms with Gasteiger partial charge in [0, 0.05) is 17.3 Å². The summed E-state index contributed by atoms with van der Waals surface area (Å²) in [6.45, 7) is 3.04. The van der Waals surface area contributed by atoms with Gasteiger partial charge in [0.2, 0.25) is 0 Å². The molecule has 0 spiro atoms. The van der Waals surface area contributed by atoms with Gasteiger partial charge >= 0.3 is 0 Å². The van der Waals surface area contributed by atoms with Gasteiger partial charge in [0.25, 0.3) is 0 Å². The highest BCUT2D eigenvalue weighted by atomic mass is 16.3. The van der Waals surface area contributed by atoms with Gasteiger partial charge in [-0.05, 0) is 43.7 Å². The molecule has 1 aromatic carbocycles. The predicted octanol–water partition coefficient (Wildman–Crippen LogP) is 4.11. The summed E-state index contributed by atoms with van der Waals surface area (Å²) in [6.07, 6.45) is 3.76. The van der Waals surface area contributed by atoms with Gasteiger partial charge in [-0.15, -0.1) is 0 Å². The molecule has 108 valence electrons. The Morgan fingerprint density at radius 3 is 2.76 bits per heavy atom. The zero-order valence-electron chi connectivity index (χ0n) is 12.3. The molecule has 3 nitrogen and oxygen atoms in total. The van der Waals surface area contributed by atoms with Crippen LogP contribution >= 0.6 is 0 Å². The van der Waals surface area contributed by atoms with Crippen molar-refractivity contribution >= 4 is 11.0 Å². The van der Waals surface area contributed by atoms with E-state index in [0.29, 0.717) is 0 Å². The van der Waals surface area contributed by atoms with Crippen molar-refractivity contribution in [2.45, 2.75) is 25.8 Å². The second-order valence-electron chi connectivity index (χ2n) is 5.16. The van der Waals surface area contributed by atoms with Crippen LogP contribution in [0.5, 0.6) is 0 Å².